The van der Waals surface area contributed by atoms with E-state index in [1.807, 2.05) is 0 Å². The molecule has 1 N–H and O–H groups in total. The summed E-state index contributed by atoms with van der Waals surface area (Å²) in [7, 11) is 0. The van der Waals surface area contributed by atoms with Crippen LogP contribution < -0.4 is 10.0 Å². The minimum Gasteiger partial charge on any atom is -0.618 e. The van der Waals surface area contributed by atoms with Crippen LogP contribution in [0.25, 0.3) is 0 Å². The zero-order valence-electron chi connectivity index (χ0n) is 10.7. The van der Waals surface area contributed by atoms with Crippen molar-refractivity contribution in [3.63, 3.8) is 0 Å². The van der Waals surface area contributed by atoms with Gasteiger partial charge in [-0.15, -0.1) is 12.4 Å². The summed E-state index contributed by atoms with van der Waals surface area (Å²) in [4.78, 5) is 0. The summed E-state index contributed by atoms with van der Waals surface area (Å²) in [5.74, 6) is -4.28. The van der Waals surface area contributed by atoms with Crippen molar-refractivity contribution in [3.05, 3.63) is 34.8 Å². The van der Waals surface area contributed by atoms with Gasteiger partial charge in [0.25, 0.3) is 12.3 Å². The zero-order valence-corrected chi connectivity index (χ0v) is 11.6. The van der Waals surface area contributed by atoms with Crippen molar-refractivity contribution in [3.8, 4) is 0 Å². The molecular formula is C12H14ClF5N2O. The smallest absolute Gasteiger partial charge is 0.279 e. The maximum absolute atomic E-state index is 13.8. The number of rotatable bonds is 3. The first-order chi connectivity index (χ1) is 9.33. The number of alkyl halides is 5. The van der Waals surface area contributed by atoms with Crippen molar-refractivity contribution < 1.29 is 26.7 Å². The lowest BCUT2D eigenvalue weighted by Gasteiger charge is -2.32. The number of hydrogen-bond acceptors (Lipinski definition) is 2. The Hall–Kier alpha value is -1.15. The van der Waals surface area contributed by atoms with Crippen LogP contribution in [-0.2, 0) is 0 Å². The molecule has 0 radical (unpaired) electrons. The summed E-state index contributed by atoms with van der Waals surface area (Å²) >= 11 is 0. The number of aromatic nitrogens is 1. The molecule has 1 aliphatic heterocycles. The van der Waals surface area contributed by atoms with E-state index in [9.17, 15) is 27.2 Å². The molecule has 9 heteroatoms. The van der Waals surface area contributed by atoms with Gasteiger partial charge in [0.2, 0.25) is 11.9 Å². The lowest BCUT2D eigenvalue weighted by atomic mass is 9.88. The van der Waals surface area contributed by atoms with Crippen molar-refractivity contribution >= 4 is 12.4 Å². The third-order valence-electron chi connectivity index (χ3n) is 3.37. The van der Waals surface area contributed by atoms with Gasteiger partial charge in [0.1, 0.15) is 0 Å². The topological polar surface area (TPSA) is 39.0 Å². The van der Waals surface area contributed by atoms with Gasteiger partial charge < -0.3 is 10.5 Å². The van der Waals surface area contributed by atoms with Crippen LogP contribution in [0.3, 0.4) is 0 Å². The summed E-state index contributed by atoms with van der Waals surface area (Å²) in [5.41, 5.74) is -0.869. The summed E-state index contributed by atoms with van der Waals surface area (Å²) < 4.78 is 65.4. The average Bonchev–Trinajstić information content (AvgIpc) is 2.38. The van der Waals surface area contributed by atoms with Gasteiger partial charge in [0.15, 0.2) is 6.20 Å². The van der Waals surface area contributed by atoms with Crippen molar-refractivity contribution in [1.82, 2.24) is 5.32 Å². The first-order valence-corrected chi connectivity index (χ1v) is 6.06. The largest absolute Gasteiger partial charge is 0.618 e. The molecule has 2 atom stereocenters. The maximum Gasteiger partial charge on any atom is 0.279 e. The van der Waals surface area contributed by atoms with Crippen LogP contribution in [0.2, 0.25) is 0 Å². The summed E-state index contributed by atoms with van der Waals surface area (Å²) in [6, 6.07) is 1.91. The maximum atomic E-state index is 13.8. The summed E-state index contributed by atoms with van der Waals surface area (Å²) in [6.45, 7) is 0.0917. The molecule has 1 aliphatic rings. The Bertz CT molecular complexity index is 489. The Morgan fingerprint density at radius 1 is 1.33 bits per heavy atom. The highest BCUT2D eigenvalue weighted by molar-refractivity contribution is 5.85. The monoisotopic (exact) mass is 332 g/mol. The quantitative estimate of drug-likeness (QED) is 0.525. The molecule has 0 saturated carbocycles. The van der Waals surface area contributed by atoms with Gasteiger partial charge in [-0.2, -0.15) is 4.73 Å². The molecule has 2 heterocycles. The molecule has 2 unspecified atom stereocenters. The second kappa shape index (κ2) is 6.74. The highest BCUT2D eigenvalue weighted by Crippen LogP contribution is 2.38. The van der Waals surface area contributed by atoms with Gasteiger partial charge in [-0.3, -0.25) is 0 Å². The molecule has 3 nitrogen and oxygen atoms in total. The third-order valence-corrected chi connectivity index (χ3v) is 3.37. The number of piperidine rings is 1. The third kappa shape index (κ3) is 3.74. The average molecular weight is 333 g/mol. The van der Waals surface area contributed by atoms with Crippen molar-refractivity contribution in [2.75, 3.05) is 13.1 Å². The molecular weight excluding hydrogens is 319 g/mol. The lowest BCUT2D eigenvalue weighted by Crippen LogP contribution is -2.43. The first kappa shape index (κ1) is 17.9. The molecule has 0 spiro atoms. The predicted molar refractivity (Wildman–Crippen MR) is 67.7 cm³/mol. The van der Waals surface area contributed by atoms with Gasteiger partial charge >= 0.3 is 0 Å². The Labute approximate surface area is 124 Å². The second-order valence-electron chi connectivity index (χ2n) is 4.71. The van der Waals surface area contributed by atoms with Gasteiger partial charge in [-0.25, -0.2) is 22.0 Å². The van der Waals surface area contributed by atoms with Gasteiger partial charge in [-0.05, 0) is 5.56 Å². The Morgan fingerprint density at radius 3 is 2.57 bits per heavy atom. The van der Waals surface area contributed by atoms with E-state index in [1.165, 1.54) is 0 Å². The molecule has 0 amide bonds. The van der Waals surface area contributed by atoms with E-state index in [0.717, 1.165) is 18.3 Å². The number of hydrogen-bond donors (Lipinski definition) is 1. The minimum atomic E-state index is -3.38. The second-order valence-corrected chi connectivity index (χ2v) is 4.71. The van der Waals surface area contributed by atoms with Crippen LogP contribution in [-0.4, -0.2) is 25.4 Å². The van der Waals surface area contributed by atoms with Crippen LogP contribution >= 0.6 is 12.4 Å². The molecule has 2 rings (SSSR count). The van der Waals surface area contributed by atoms with Crippen LogP contribution in [0.15, 0.2) is 18.3 Å². The molecule has 0 aromatic carbocycles. The SMILES string of the molecule is Cl.[O-][n+]1ccc(C2CNCCC2(F)F)cc1C(F)C(F)F. The first-order valence-electron chi connectivity index (χ1n) is 6.06. The van der Waals surface area contributed by atoms with Crippen LogP contribution in [0.5, 0.6) is 0 Å². The number of pyridine rings is 1. The van der Waals surface area contributed by atoms with Crippen molar-refractivity contribution in [2.45, 2.75) is 30.9 Å². The molecule has 1 saturated heterocycles. The predicted octanol–water partition coefficient (Wildman–Crippen LogP) is 2.73. The normalized spacial score (nSPS) is 22.7. The van der Waals surface area contributed by atoms with Gasteiger partial charge in [0.05, 0.1) is 5.92 Å². The fourth-order valence-electron chi connectivity index (χ4n) is 2.26. The molecule has 1 fully saturated rings. The summed E-state index contributed by atoms with van der Waals surface area (Å²) in [5, 5.41) is 14.1. The Morgan fingerprint density at radius 2 is 2.00 bits per heavy atom. The van der Waals surface area contributed by atoms with Crippen molar-refractivity contribution in [2.24, 2.45) is 0 Å². The standard InChI is InChI=1S/C12H13F5N2O.ClH/c13-10(11(14)15)9-5-7(1-4-19(9)20)8-6-18-3-2-12(8,16)17;/h1,4-5,8,10-11,18H,2-3,6H2;1H. The van der Waals surface area contributed by atoms with Crippen molar-refractivity contribution in [1.29, 1.82) is 0 Å². The van der Waals surface area contributed by atoms with Gasteiger partial charge in [0, 0.05) is 31.6 Å². The minimum absolute atomic E-state index is 0. The van der Waals surface area contributed by atoms with E-state index in [-0.39, 0.29) is 35.8 Å². The van der Waals surface area contributed by atoms with E-state index in [4.69, 9.17) is 0 Å². The molecule has 21 heavy (non-hydrogen) atoms. The van der Waals surface area contributed by atoms with E-state index in [0.29, 0.717) is 0 Å². The lowest BCUT2D eigenvalue weighted by molar-refractivity contribution is -0.618. The van der Waals surface area contributed by atoms with Crippen LogP contribution in [0.1, 0.15) is 29.8 Å². The van der Waals surface area contributed by atoms with Crippen LogP contribution in [0.4, 0.5) is 22.0 Å². The molecule has 1 aromatic heterocycles. The number of halogens is 6. The molecule has 0 bridgehead atoms. The van der Waals surface area contributed by atoms with E-state index < -0.39 is 36.6 Å². The fourth-order valence-corrected chi connectivity index (χ4v) is 2.26. The zero-order chi connectivity index (χ0) is 14.9. The Balaban J connectivity index is 0.00000220. The van der Waals surface area contributed by atoms with E-state index >= 15 is 0 Å². The van der Waals surface area contributed by atoms with E-state index in [1.54, 1.807) is 0 Å². The fraction of sp³-hybridized carbons (Fsp3) is 0.583. The van der Waals surface area contributed by atoms with Gasteiger partial charge in [-0.1, -0.05) is 0 Å². The number of nitrogens with one attached hydrogen (secondary N) is 1. The molecule has 120 valence electrons. The molecule has 0 aliphatic carbocycles. The molecule has 1 aromatic rings. The Kier molecular flexibility index (Phi) is 5.75. The van der Waals surface area contributed by atoms with E-state index in [2.05, 4.69) is 5.32 Å². The number of nitrogens with zero attached hydrogens (tertiary/aromatic N) is 1. The highest BCUT2D eigenvalue weighted by Gasteiger charge is 2.43. The highest BCUT2D eigenvalue weighted by atomic mass is 35.5. The summed E-state index contributed by atoms with van der Waals surface area (Å²) in [6.07, 6.45) is -5.79. The van der Waals surface area contributed by atoms with Crippen LogP contribution in [0, 0.1) is 5.21 Å².